The molecule has 5 nitrogen and oxygen atoms in total. The first-order valence-electron chi connectivity index (χ1n) is 17.4. The third-order valence-electron chi connectivity index (χ3n) is 8.98. The summed E-state index contributed by atoms with van der Waals surface area (Å²) >= 11 is 0. The smallest absolute Gasteiger partial charge is 0.509 e. The van der Waals surface area contributed by atoms with Crippen LogP contribution < -0.4 is 4.74 Å². The van der Waals surface area contributed by atoms with Gasteiger partial charge in [0, 0.05) is 34.5 Å². The first-order valence-corrected chi connectivity index (χ1v) is 17.4. The van der Waals surface area contributed by atoms with Crippen LogP contribution in [0.5, 0.6) is 11.5 Å². The van der Waals surface area contributed by atoms with Gasteiger partial charge in [0.1, 0.15) is 5.82 Å². The molecule has 250 valence electrons. The van der Waals surface area contributed by atoms with Crippen LogP contribution in [0.25, 0.3) is 44.4 Å². The molecular formula is C43H42N4OPd. The molecule has 0 radical (unpaired) electrons. The van der Waals surface area contributed by atoms with Crippen molar-refractivity contribution >= 4 is 21.8 Å². The molecule has 0 bridgehead atoms. The van der Waals surface area contributed by atoms with E-state index in [1.807, 2.05) is 30.5 Å². The van der Waals surface area contributed by atoms with Gasteiger partial charge in [0.15, 0.2) is 0 Å². The van der Waals surface area contributed by atoms with Gasteiger partial charge in [-0.15, -0.1) is 35.7 Å². The summed E-state index contributed by atoms with van der Waals surface area (Å²) in [5.41, 5.74) is 10.3. The van der Waals surface area contributed by atoms with Crippen LogP contribution >= 0.6 is 0 Å². The molecule has 0 spiro atoms. The zero-order chi connectivity index (χ0) is 33.0. The predicted molar refractivity (Wildman–Crippen MR) is 197 cm³/mol. The van der Waals surface area contributed by atoms with Crippen LogP contribution in [-0.4, -0.2) is 19.3 Å². The average molecular weight is 737 g/mol. The van der Waals surface area contributed by atoms with Crippen LogP contribution in [0.4, 0.5) is 0 Å². The molecule has 7 aromatic rings. The van der Waals surface area contributed by atoms with E-state index < -0.39 is 0 Å². The molecule has 0 aliphatic carbocycles. The normalized spacial score (nSPS) is 11.3. The SMILES string of the molecule is CCCCc1c(-c2ccc(CCC)cc2)c(CCC)nn1-c1[c-]c(Oc2[c-]c3c(cc2)c2ccccc2n3-c2cc(C)ccn2)ccc1.[Pd+2]. The fraction of sp³-hybridized carbons (Fsp3) is 0.256. The molecule has 0 fully saturated rings. The van der Waals surface area contributed by atoms with E-state index in [9.17, 15) is 0 Å². The molecule has 0 amide bonds. The Bertz CT molecular complexity index is 2190. The first kappa shape index (κ1) is 34.4. The number of nitrogens with zero attached hydrogens (tertiary/aromatic N) is 4. The molecule has 3 aromatic heterocycles. The quantitative estimate of drug-likeness (QED) is 0.0927. The predicted octanol–water partition coefficient (Wildman–Crippen LogP) is 11.0. The summed E-state index contributed by atoms with van der Waals surface area (Å²) in [5, 5.41) is 7.50. The minimum absolute atomic E-state index is 0. The monoisotopic (exact) mass is 736 g/mol. The second-order valence-electron chi connectivity index (χ2n) is 12.6. The Balaban J connectivity index is 0.00000417. The molecule has 7 rings (SSSR count). The maximum absolute atomic E-state index is 6.50. The molecule has 0 unspecified atom stereocenters. The van der Waals surface area contributed by atoms with Crippen LogP contribution in [0.2, 0.25) is 0 Å². The minimum Gasteiger partial charge on any atom is -0.509 e. The third-order valence-corrected chi connectivity index (χ3v) is 8.98. The number of aromatic nitrogens is 4. The fourth-order valence-electron chi connectivity index (χ4n) is 6.70. The Labute approximate surface area is 303 Å². The maximum Gasteiger partial charge on any atom is 2.00 e. The fourth-order valence-corrected chi connectivity index (χ4v) is 6.70. The van der Waals surface area contributed by atoms with E-state index in [0.717, 1.165) is 89.5 Å². The second kappa shape index (κ2) is 15.4. The van der Waals surface area contributed by atoms with Crippen molar-refractivity contribution < 1.29 is 25.2 Å². The number of fused-ring (bicyclic) bond motifs is 3. The summed E-state index contributed by atoms with van der Waals surface area (Å²) in [5.74, 6) is 2.11. The Morgan fingerprint density at radius 2 is 1.53 bits per heavy atom. The number of benzene rings is 4. The van der Waals surface area contributed by atoms with E-state index in [0.29, 0.717) is 11.5 Å². The van der Waals surface area contributed by atoms with Crippen LogP contribution in [-0.2, 0) is 39.7 Å². The number of ether oxygens (including phenoxy) is 1. The average Bonchev–Trinajstić information content (AvgIpc) is 3.63. The van der Waals surface area contributed by atoms with Crippen molar-refractivity contribution in [1.29, 1.82) is 0 Å². The summed E-state index contributed by atoms with van der Waals surface area (Å²) in [4.78, 5) is 4.71. The third kappa shape index (κ3) is 6.99. The molecule has 0 saturated carbocycles. The van der Waals surface area contributed by atoms with Gasteiger partial charge >= 0.3 is 20.4 Å². The Hall–Kier alpha value is -4.50. The molecule has 6 heteroatoms. The number of hydrogen-bond acceptors (Lipinski definition) is 3. The zero-order valence-electron chi connectivity index (χ0n) is 28.7. The van der Waals surface area contributed by atoms with E-state index in [2.05, 4.69) is 116 Å². The molecule has 0 atom stereocenters. The maximum atomic E-state index is 6.50. The summed E-state index contributed by atoms with van der Waals surface area (Å²) in [6.07, 6.45) is 9.21. The van der Waals surface area contributed by atoms with Crippen molar-refractivity contribution in [3.63, 3.8) is 0 Å². The van der Waals surface area contributed by atoms with Gasteiger partial charge in [-0.1, -0.05) is 88.0 Å². The summed E-state index contributed by atoms with van der Waals surface area (Å²) in [6.45, 7) is 8.79. The molecule has 4 aromatic carbocycles. The van der Waals surface area contributed by atoms with Crippen LogP contribution in [0, 0.1) is 19.1 Å². The van der Waals surface area contributed by atoms with E-state index >= 15 is 0 Å². The molecule has 0 saturated heterocycles. The number of hydrogen-bond donors (Lipinski definition) is 0. The Morgan fingerprint density at radius 1 is 0.735 bits per heavy atom. The van der Waals surface area contributed by atoms with Crippen molar-refractivity contribution in [3.8, 4) is 34.1 Å². The van der Waals surface area contributed by atoms with Gasteiger partial charge < -0.3 is 9.30 Å². The molecule has 0 aliphatic rings. The summed E-state index contributed by atoms with van der Waals surface area (Å²) in [6, 6.07) is 38.9. The number of aryl methyl sites for hydroxylation is 3. The number of unbranched alkanes of at least 4 members (excludes halogenated alkanes) is 1. The van der Waals surface area contributed by atoms with Crippen LogP contribution in [0.15, 0.2) is 97.2 Å². The van der Waals surface area contributed by atoms with Gasteiger partial charge in [0.25, 0.3) is 0 Å². The molecule has 0 N–H and O–H groups in total. The second-order valence-corrected chi connectivity index (χ2v) is 12.6. The minimum atomic E-state index is 0. The first-order chi connectivity index (χ1) is 23.6. The van der Waals surface area contributed by atoms with E-state index in [-0.39, 0.29) is 20.4 Å². The van der Waals surface area contributed by atoms with Crippen molar-refractivity contribution in [1.82, 2.24) is 19.3 Å². The van der Waals surface area contributed by atoms with Crippen molar-refractivity contribution in [2.24, 2.45) is 0 Å². The van der Waals surface area contributed by atoms with E-state index in [4.69, 9.17) is 14.8 Å². The largest absolute Gasteiger partial charge is 2.00 e. The van der Waals surface area contributed by atoms with Crippen LogP contribution in [0.1, 0.15) is 69.0 Å². The Kier molecular flexibility index (Phi) is 10.8. The molecular weight excluding hydrogens is 695 g/mol. The van der Waals surface area contributed by atoms with Gasteiger partial charge in [0.2, 0.25) is 0 Å². The Morgan fingerprint density at radius 3 is 2.31 bits per heavy atom. The topological polar surface area (TPSA) is 44.9 Å². The molecule has 0 aliphatic heterocycles. The number of pyridine rings is 1. The van der Waals surface area contributed by atoms with Crippen LogP contribution in [0.3, 0.4) is 0 Å². The van der Waals surface area contributed by atoms with Gasteiger partial charge in [-0.25, -0.2) is 4.98 Å². The van der Waals surface area contributed by atoms with Crippen molar-refractivity contribution in [3.05, 3.63) is 132 Å². The molecule has 49 heavy (non-hydrogen) atoms. The van der Waals surface area contributed by atoms with Gasteiger partial charge in [-0.3, -0.25) is 4.68 Å². The summed E-state index contributed by atoms with van der Waals surface area (Å²) in [7, 11) is 0. The van der Waals surface area contributed by atoms with Crippen molar-refractivity contribution in [2.45, 2.75) is 72.6 Å². The standard InChI is InChI=1S/C43H42N4O.Pd/c1-5-8-17-40-43(32-21-19-31(12-6-2)20-22-32)38(13-7-3)45-47(40)33-14-11-15-34(28-33)48-35-23-24-37-36-16-9-10-18-39(36)46(41(37)29-35)42-27-30(4)25-26-44-42;/h9-11,14-16,18-27H,5-8,12-13,17H2,1-4H3;/q-2;+2. The number of para-hydroxylation sites is 1. The van der Waals surface area contributed by atoms with Crippen molar-refractivity contribution in [2.75, 3.05) is 0 Å². The summed E-state index contributed by atoms with van der Waals surface area (Å²) < 4.78 is 10.8. The van der Waals surface area contributed by atoms with E-state index in [1.54, 1.807) is 0 Å². The van der Waals surface area contributed by atoms with Gasteiger partial charge in [-0.05, 0) is 78.6 Å². The molecule has 3 heterocycles. The van der Waals surface area contributed by atoms with E-state index in [1.165, 1.54) is 22.4 Å². The van der Waals surface area contributed by atoms with Gasteiger partial charge in [0.05, 0.1) is 5.69 Å². The zero-order valence-corrected chi connectivity index (χ0v) is 30.3. The number of rotatable bonds is 12. The van der Waals surface area contributed by atoms with Gasteiger partial charge in [-0.2, -0.15) is 17.2 Å².